The lowest BCUT2D eigenvalue weighted by atomic mass is 10.1. The first-order valence-electron chi connectivity index (χ1n) is 9.73. The molecule has 0 atom stereocenters. The summed E-state index contributed by atoms with van der Waals surface area (Å²) >= 11 is 0. The number of ether oxygens (including phenoxy) is 1. The minimum Gasteiger partial charge on any atom is -0.492 e. The predicted octanol–water partition coefficient (Wildman–Crippen LogP) is 1.85. The van der Waals surface area contributed by atoms with E-state index in [0.29, 0.717) is 35.7 Å². The highest BCUT2D eigenvalue weighted by molar-refractivity contribution is 5.78. The lowest BCUT2D eigenvalue weighted by Crippen LogP contribution is -2.44. The summed E-state index contributed by atoms with van der Waals surface area (Å²) < 4.78 is 20.2. The average Bonchev–Trinajstić information content (AvgIpc) is 2.70. The number of rotatable bonds is 8. The molecule has 0 bridgehead atoms. The van der Waals surface area contributed by atoms with Crippen molar-refractivity contribution in [1.82, 2.24) is 20.5 Å². The number of aromatic nitrogens is 1. The van der Waals surface area contributed by atoms with Crippen LogP contribution in [0.25, 0.3) is 11.1 Å². The normalized spacial score (nSPS) is 14.6. The molecule has 0 saturated carbocycles. The lowest BCUT2D eigenvalue weighted by Gasteiger charge is -2.26. The molecule has 1 aromatic carbocycles. The standard InChI is InChI=1S/C21H27FN4O2/c1-2-24-21(27)13-17-4-3-16(15-25-17)19-6-5-18(14-20(19)22)28-12-11-26-9-7-23-8-10-26/h3-6,14-15,23H,2,7-13H2,1H3,(H,24,27). The molecule has 6 nitrogen and oxygen atoms in total. The Bertz CT molecular complexity index is 776. The van der Waals surface area contributed by atoms with Gasteiger partial charge < -0.3 is 15.4 Å². The van der Waals surface area contributed by atoms with Gasteiger partial charge in [0.2, 0.25) is 5.91 Å². The van der Waals surface area contributed by atoms with Crippen LogP contribution >= 0.6 is 0 Å². The first-order valence-corrected chi connectivity index (χ1v) is 9.73. The Labute approximate surface area is 165 Å². The number of pyridine rings is 1. The first-order chi connectivity index (χ1) is 13.7. The number of hydrogen-bond donors (Lipinski definition) is 2. The van der Waals surface area contributed by atoms with Gasteiger partial charge in [-0.3, -0.25) is 14.7 Å². The molecule has 2 heterocycles. The molecule has 150 valence electrons. The first kappa shape index (κ1) is 20.2. The van der Waals surface area contributed by atoms with Crippen LogP contribution in [0.5, 0.6) is 5.75 Å². The van der Waals surface area contributed by atoms with Crippen LogP contribution in [0.1, 0.15) is 12.6 Å². The van der Waals surface area contributed by atoms with Crippen LogP contribution in [0.15, 0.2) is 36.5 Å². The number of carbonyl (C=O) groups excluding carboxylic acids is 1. The van der Waals surface area contributed by atoms with Crippen LogP contribution in [0.2, 0.25) is 0 Å². The zero-order valence-corrected chi connectivity index (χ0v) is 16.2. The zero-order valence-electron chi connectivity index (χ0n) is 16.2. The van der Waals surface area contributed by atoms with Gasteiger partial charge in [0, 0.05) is 68.4 Å². The second-order valence-electron chi connectivity index (χ2n) is 6.75. The summed E-state index contributed by atoms with van der Waals surface area (Å²) in [6.07, 6.45) is 1.81. The molecule has 1 aliphatic rings. The van der Waals surface area contributed by atoms with Crippen molar-refractivity contribution < 1.29 is 13.9 Å². The fraction of sp³-hybridized carbons (Fsp3) is 0.429. The quantitative estimate of drug-likeness (QED) is 0.725. The number of nitrogens with one attached hydrogen (secondary N) is 2. The lowest BCUT2D eigenvalue weighted by molar-refractivity contribution is -0.120. The average molecular weight is 386 g/mol. The van der Waals surface area contributed by atoms with Crippen LogP contribution < -0.4 is 15.4 Å². The van der Waals surface area contributed by atoms with Crippen LogP contribution in [0.3, 0.4) is 0 Å². The third-order valence-electron chi connectivity index (χ3n) is 4.68. The van der Waals surface area contributed by atoms with Crippen molar-refractivity contribution in [2.45, 2.75) is 13.3 Å². The summed E-state index contributed by atoms with van der Waals surface area (Å²) in [7, 11) is 0. The van der Waals surface area contributed by atoms with Gasteiger partial charge in [-0.25, -0.2) is 4.39 Å². The molecule has 0 unspecified atom stereocenters. The molecule has 3 rings (SSSR count). The molecule has 1 saturated heterocycles. The SMILES string of the molecule is CCNC(=O)Cc1ccc(-c2ccc(OCCN3CCNCC3)cc2F)cn1. The van der Waals surface area contributed by atoms with Gasteiger partial charge in [-0.15, -0.1) is 0 Å². The molecule has 1 aliphatic heterocycles. The highest BCUT2D eigenvalue weighted by Crippen LogP contribution is 2.26. The molecule has 0 aliphatic carbocycles. The largest absolute Gasteiger partial charge is 0.492 e. The molecular weight excluding hydrogens is 359 g/mol. The van der Waals surface area contributed by atoms with Crippen molar-refractivity contribution in [3.05, 3.63) is 48.0 Å². The molecule has 2 N–H and O–H groups in total. The van der Waals surface area contributed by atoms with Gasteiger partial charge in [0.05, 0.1) is 6.42 Å². The third kappa shape index (κ3) is 5.74. The maximum Gasteiger partial charge on any atom is 0.226 e. The number of amides is 1. The maximum atomic E-state index is 14.5. The van der Waals surface area contributed by atoms with E-state index in [2.05, 4.69) is 20.5 Å². The molecular formula is C21H27FN4O2. The topological polar surface area (TPSA) is 66.5 Å². The summed E-state index contributed by atoms with van der Waals surface area (Å²) in [5, 5.41) is 6.05. The van der Waals surface area contributed by atoms with E-state index in [1.807, 2.05) is 6.92 Å². The van der Waals surface area contributed by atoms with Crippen LogP contribution in [-0.4, -0.2) is 61.7 Å². The monoisotopic (exact) mass is 386 g/mol. The van der Waals surface area contributed by atoms with E-state index in [4.69, 9.17) is 4.74 Å². The van der Waals surface area contributed by atoms with Gasteiger partial charge in [-0.05, 0) is 25.1 Å². The van der Waals surface area contributed by atoms with Gasteiger partial charge in [0.25, 0.3) is 0 Å². The highest BCUT2D eigenvalue weighted by Gasteiger charge is 2.11. The van der Waals surface area contributed by atoms with E-state index in [1.54, 1.807) is 30.5 Å². The Morgan fingerprint density at radius 2 is 2.11 bits per heavy atom. The van der Waals surface area contributed by atoms with Gasteiger partial charge >= 0.3 is 0 Å². The van der Waals surface area contributed by atoms with Crippen molar-refractivity contribution in [3.8, 4) is 16.9 Å². The summed E-state index contributed by atoms with van der Waals surface area (Å²) in [5.74, 6) is 0.103. The van der Waals surface area contributed by atoms with Crippen molar-refractivity contribution in [2.24, 2.45) is 0 Å². The number of carbonyl (C=O) groups is 1. The van der Waals surface area contributed by atoms with Gasteiger partial charge in [0.15, 0.2) is 0 Å². The number of likely N-dealkylation sites (N-methyl/N-ethyl adjacent to an activating group) is 1. The number of halogens is 1. The van der Waals surface area contributed by atoms with Crippen LogP contribution in [0, 0.1) is 5.82 Å². The van der Waals surface area contributed by atoms with Crippen molar-refractivity contribution in [2.75, 3.05) is 45.9 Å². The smallest absolute Gasteiger partial charge is 0.226 e. The number of benzene rings is 1. The third-order valence-corrected chi connectivity index (χ3v) is 4.68. The molecule has 7 heteroatoms. The minimum atomic E-state index is -0.349. The molecule has 0 radical (unpaired) electrons. The Hall–Kier alpha value is -2.51. The molecule has 1 fully saturated rings. The maximum absolute atomic E-state index is 14.5. The zero-order chi connectivity index (χ0) is 19.8. The number of nitrogens with zero attached hydrogens (tertiary/aromatic N) is 2. The minimum absolute atomic E-state index is 0.0729. The number of hydrogen-bond acceptors (Lipinski definition) is 5. The highest BCUT2D eigenvalue weighted by atomic mass is 19.1. The summed E-state index contributed by atoms with van der Waals surface area (Å²) in [4.78, 5) is 18.2. The van der Waals surface area contributed by atoms with E-state index in [0.717, 1.165) is 32.7 Å². The number of piperazine rings is 1. The molecule has 1 aromatic heterocycles. The second kappa shape index (κ2) is 10.1. The van der Waals surface area contributed by atoms with E-state index in [9.17, 15) is 9.18 Å². The molecule has 0 spiro atoms. The summed E-state index contributed by atoms with van der Waals surface area (Å²) in [6.45, 7) is 7.86. The molecule has 2 aromatic rings. The van der Waals surface area contributed by atoms with Gasteiger partial charge in [0.1, 0.15) is 18.2 Å². The fourth-order valence-corrected chi connectivity index (χ4v) is 3.16. The Morgan fingerprint density at radius 3 is 2.79 bits per heavy atom. The molecule has 28 heavy (non-hydrogen) atoms. The van der Waals surface area contributed by atoms with Crippen LogP contribution in [0.4, 0.5) is 4.39 Å². The van der Waals surface area contributed by atoms with Gasteiger partial charge in [-0.2, -0.15) is 0 Å². The Morgan fingerprint density at radius 1 is 1.29 bits per heavy atom. The Kier molecular flexibility index (Phi) is 7.33. The fourth-order valence-electron chi connectivity index (χ4n) is 3.16. The van der Waals surface area contributed by atoms with Crippen LogP contribution in [-0.2, 0) is 11.2 Å². The second-order valence-corrected chi connectivity index (χ2v) is 6.75. The predicted molar refractivity (Wildman–Crippen MR) is 107 cm³/mol. The van der Waals surface area contributed by atoms with E-state index >= 15 is 0 Å². The van der Waals surface area contributed by atoms with E-state index in [-0.39, 0.29) is 18.1 Å². The van der Waals surface area contributed by atoms with E-state index in [1.165, 1.54) is 6.07 Å². The molecule has 1 amide bonds. The van der Waals surface area contributed by atoms with Crippen molar-refractivity contribution >= 4 is 5.91 Å². The van der Waals surface area contributed by atoms with E-state index < -0.39 is 0 Å². The summed E-state index contributed by atoms with van der Waals surface area (Å²) in [6, 6.07) is 8.43. The van der Waals surface area contributed by atoms with Crippen molar-refractivity contribution in [3.63, 3.8) is 0 Å². The Balaban J connectivity index is 1.56. The summed E-state index contributed by atoms with van der Waals surface area (Å²) in [5.41, 5.74) is 1.79. The van der Waals surface area contributed by atoms with Crippen molar-refractivity contribution in [1.29, 1.82) is 0 Å². The van der Waals surface area contributed by atoms with Gasteiger partial charge in [-0.1, -0.05) is 6.07 Å².